The molecule has 2 unspecified atom stereocenters. The number of carbonyl (C=O) groups excluding carboxylic acids is 2. The number of fused-ring (bicyclic) bond motifs is 2. The average molecular weight is 630 g/mol. The van der Waals surface area contributed by atoms with Crippen molar-refractivity contribution in [2.24, 2.45) is 0 Å². The fourth-order valence-corrected chi connectivity index (χ4v) is 6.47. The molecule has 0 aliphatic carbocycles. The van der Waals surface area contributed by atoms with E-state index in [-0.39, 0.29) is 55.8 Å². The van der Waals surface area contributed by atoms with Crippen LogP contribution in [0.5, 0.6) is 0 Å². The van der Waals surface area contributed by atoms with Crippen LogP contribution in [0.4, 0.5) is 35.2 Å². The second kappa shape index (κ2) is 12.0. The van der Waals surface area contributed by atoms with Crippen molar-refractivity contribution in [3.63, 3.8) is 0 Å². The number of aromatic nitrogens is 2. The zero-order valence-electron chi connectivity index (χ0n) is 23.7. The Labute approximate surface area is 257 Å². The second-order valence-electron chi connectivity index (χ2n) is 11.2. The Morgan fingerprint density at radius 1 is 0.932 bits per heavy atom. The number of rotatable bonds is 5. The molecule has 6 rings (SSSR count). The third-order valence-electron chi connectivity index (χ3n) is 8.46. The summed E-state index contributed by atoms with van der Waals surface area (Å²) in [4.78, 5) is 33.2. The quantitative estimate of drug-likeness (QED) is 0.434. The number of amides is 2. The van der Waals surface area contributed by atoms with Crippen molar-refractivity contribution in [3.8, 4) is 0 Å². The van der Waals surface area contributed by atoms with Gasteiger partial charge in [0.15, 0.2) is 11.0 Å². The minimum atomic E-state index is -4.71. The Hall–Kier alpha value is -4.26. The molecular weight excluding hydrogens is 599 g/mol. The van der Waals surface area contributed by atoms with E-state index in [2.05, 4.69) is 20.0 Å². The Balaban J connectivity index is 1.16. The number of nitrogen functional groups attached to an aromatic ring is 1. The molecule has 0 spiro atoms. The summed E-state index contributed by atoms with van der Waals surface area (Å²) in [6.07, 6.45) is -3.57. The maximum atomic E-state index is 14.1. The lowest BCUT2D eigenvalue weighted by atomic mass is 10.0. The summed E-state index contributed by atoms with van der Waals surface area (Å²) in [6, 6.07) is 14.7. The van der Waals surface area contributed by atoms with Gasteiger partial charge in [-0.25, -0.2) is 4.79 Å². The molecule has 0 radical (unpaired) electrons. The third kappa shape index (κ3) is 6.05. The van der Waals surface area contributed by atoms with Gasteiger partial charge in [-0.1, -0.05) is 41.9 Å². The number of benzene rings is 2. The number of nitrogens with two attached hydrogens (primary N) is 1. The number of hydrogen-bond donors (Lipinski definition) is 1. The van der Waals surface area contributed by atoms with Crippen LogP contribution >= 0.6 is 11.6 Å². The number of anilines is 3. The van der Waals surface area contributed by atoms with Gasteiger partial charge in [0.05, 0.1) is 16.8 Å². The topological polar surface area (TPSA) is 108 Å². The Morgan fingerprint density at radius 3 is 2.25 bits per heavy atom. The van der Waals surface area contributed by atoms with Gasteiger partial charge in [-0.15, -0.1) is 10.2 Å². The highest BCUT2D eigenvalue weighted by atomic mass is 35.5. The van der Waals surface area contributed by atoms with Gasteiger partial charge in [0.1, 0.15) is 6.61 Å². The number of ether oxygens (including phenoxy) is 1. The summed E-state index contributed by atoms with van der Waals surface area (Å²) >= 11 is 6.05. The summed E-state index contributed by atoms with van der Waals surface area (Å²) in [6.45, 7) is 1.73. The summed E-state index contributed by atoms with van der Waals surface area (Å²) in [5.74, 6) is -0.457. The number of hydrogen-bond acceptors (Lipinski definition) is 8. The molecule has 0 saturated carbocycles. The smallest absolute Gasteiger partial charge is 0.417 e. The van der Waals surface area contributed by atoms with Crippen LogP contribution in [-0.4, -0.2) is 83.3 Å². The van der Waals surface area contributed by atoms with Crippen molar-refractivity contribution in [2.45, 2.75) is 37.7 Å². The van der Waals surface area contributed by atoms with E-state index >= 15 is 0 Å². The molecule has 44 heavy (non-hydrogen) atoms. The maximum absolute atomic E-state index is 14.1. The first kappa shape index (κ1) is 29.8. The fraction of sp³-hybridized carbons (Fsp3) is 0.400. The molecule has 4 heterocycles. The molecule has 3 saturated heterocycles. The molecule has 1 aromatic heterocycles. The summed E-state index contributed by atoms with van der Waals surface area (Å²) in [5.41, 5.74) is 6.76. The number of nitrogens with zero attached hydrogens (tertiary/aromatic N) is 6. The van der Waals surface area contributed by atoms with Crippen LogP contribution < -0.4 is 15.5 Å². The van der Waals surface area contributed by atoms with Gasteiger partial charge in [-0.2, -0.15) is 13.2 Å². The molecule has 232 valence electrons. The third-order valence-corrected chi connectivity index (χ3v) is 8.65. The van der Waals surface area contributed by atoms with E-state index < -0.39 is 29.3 Å². The SMILES string of the molecule is Nc1nnc(Cl)cc1N1CC2CCC(C1)N2c1ccc(C(F)(F)F)c(C(=O)N2CCN(C(=O)OCc3ccccc3)CC2)c1. The summed E-state index contributed by atoms with van der Waals surface area (Å²) in [5, 5.41) is 7.91. The van der Waals surface area contributed by atoms with Crippen molar-refractivity contribution in [2.75, 3.05) is 54.8 Å². The fourth-order valence-electron chi connectivity index (χ4n) is 6.33. The van der Waals surface area contributed by atoms with Crippen molar-refractivity contribution in [1.29, 1.82) is 0 Å². The van der Waals surface area contributed by atoms with Crippen LogP contribution in [-0.2, 0) is 17.5 Å². The van der Waals surface area contributed by atoms with Gasteiger partial charge in [-0.3, -0.25) is 4.79 Å². The van der Waals surface area contributed by atoms with Crippen molar-refractivity contribution < 1.29 is 27.5 Å². The molecule has 2 bridgehead atoms. The molecule has 2 amide bonds. The lowest BCUT2D eigenvalue weighted by Crippen LogP contribution is -2.54. The van der Waals surface area contributed by atoms with E-state index in [4.69, 9.17) is 22.1 Å². The standard InChI is InChI=1S/C30H31ClF3N7O3/c31-26-15-25(27(35)37-36-26)40-16-21-6-7-22(17-40)41(21)20-8-9-24(30(32,33)34)23(14-20)28(42)38-10-12-39(13-11-38)29(43)44-18-19-4-2-1-3-5-19/h1-5,8-9,14-15,21-22H,6-7,10-13,16-18H2,(H2,35,37). The number of piperazine rings is 2. The lowest BCUT2D eigenvalue weighted by molar-refractivity contribution is -0.138. The van der Waals surface area contributed by atoms with E-state index in [1.54, 1.807) is 6.07 Å². The van der Waals surface area contributed by atoms with Gasteiger partial charge in [0.2, 0.25) is 0 Å². The van der Waals surface area contributed by atoms with E-state index in [1.165, 1.54) is 21.9 Å². The largest absolute Gasteiger partial charge is 0.445 e. The molecule has 2 aromatic carbocycles. The predicted molar refractivity (Wildman–Crippen MR) is 159 cm³/mol. The normalized spacial score (nSPS) is 20.2. The van der Waals surface area contributed by atoms with Crippen LogP contribution in [0.15, 0.2) is 54.6 Å². The molecular formula is C30H31ClF3N7O3. The van der Waals surface area contributed by atoms with Gasteiger partial charge >= 0.3 is 12.3 Å². The summed E-state index contributed by atoms with van der Waals surface area (Å²) in [7, 11) is 0. The first-order valence-corrected chi connectivity index (χ1v) is 14.7. The van der Waals surface area contributed by atoms with Crippen LogP contribution in [0, 0.1) is 0 Å². The Bertz CT molecular complexity index is 1520. The van der Waals surface area contributed by atoms with E-state index in [0.717, 1.165) is 24.5 Å². The van der Waals surface area contributed by atoms with E-state index in [1.807, 2.05) is 30.3 Å². The second-order valence-corrected chi connectivity index (χ2v) is 11.6. The van der Waals surface area contributed by atoms with Gasteiger partial charge in [0, 0.05) is 63.1 Å². The summed E-state index contributed by atoms with van der Waals surface area (Å²) < 4.78 is 47.7. The van der Waals surface area contributed by atoms with Crippen molar-refractivity contribution in [3.05, 3.63) is 76.4 Å². The number of alkyl halides is 3. The zero-order chi connectivity index (χ0) is 31.0. The highest BCUT2D eigenvalue weighted by Crippen LogP contribution is 2.41. The molecule has 2 N–H and O–H groups in total. The zero-order valence-corrected chi connectivity index (χ0v) is 24.5. The number of carbonyl (C=O) groups is 2. The first-order chi connectivity index (χ1) is 21.1. The monoisotopic (exact) mass is 629 g/mol. The van der Waals surface area contributed by atoms with Crippen molar-refractivity contribution in [1.82, 2.24) is 20.0 Å². The molecule has 3 aromatic rings. The van der Waals surface area contributed by atoms with Crippen molar-refractivity contribution >= 4 is 40.8 Å². The van der Waals surface area contributed by atoms with Crippen LogP contribution in [0.3, 0.4) is 0 Å². The average Bonchev–Trinajstić information content (AvgIpc) is 3.29. The van der Waals surface area contributed by atoms with Crippen LogP contribution in [0.2, 0.25) is 5.15 Å². The molecule has 10 nitrogen and oxygen atoms in total. The van der Waals surface area contributed by atoms with Gasteiger partial charge in [0.25, 0.3) is 5.91 Å². The minimum absolute atomic E-state index is 0.00905. The van der Waals surface area contributed by atoms with Gasteiger partial charge < -0.3 is 30.1 Å². The first-order valence-electron chi connectivity index (χ1n) is 14.4. The molecule has 3 fully saturated rings. The molecule has 3 aliphatic rings. The van der Waals surface area contributed by atoms with E-state index in [0.29, 0.717) is 24.5 Å². The predicted octanol–water partition coefficient (Wildman–Crippen LogP) is 4.68. The van der Waals surface area contributed by atoms with Gasteiger partial charge in [-0.05, 0) is 36.6 Å². The highest BCUT2D eigenvalue weighted by molar-refractivity contribution is 6.29. The van der Waals surface area contributed by atoms with Crippen LogP contribution in [0.25, 0.3) is 0 Å². The van der Waals surface area contributed by atoms with Crippen LogP contribution in [0.1, 0.15) is 34.3 Å². The lowest BCUT2D eigenvalue weighted by Gasteiger charge is -2.43. The Morgan fingerprint density at radius 2 is 1.59 bits per heavy atom. The molecule has 14 heteroatoms. The highest BCUT2D eigenvalue weighted by Gasteiger charge is 2.43. The Kier molecular flexibility index (Phi) is 8.14. The van der Waals surface area contributed by atoms with E-state index in [9.17, 15) is 22.8 Å². The molecule has 2 atom stereocenters. The maximum Gasteiger partial charge on any atom is 0.417 e. The molecule has 3 aliphatic heterocycles. The minimum Gasteiger partial charge on any atom is -0.445 e. The number of halogens is 4.